The van der Waals surface area contributed by atoms with Gasteiger partial charge in [-0.2, -0.15) is 0 Å². The fourth-order valence-corrected chi connectivity index (χ4v) is 2.90. The van der Waals surface area contributed by atoms with E-state index >= 15 is 0 Å². The summed E-state index contributed by atoms with van der Waals surface area (Å²) >= 11 is 0. The first-order valence-electron chi connectivity index (χ1n) is 8.44. The van der Waals surface area contributed by atoms with Gasteiger partial charge < -0.3 is 11.5 Å². The second-order valence-electron chi connectivity index (χ2n) is 6.24. The Morgan fingerprint density at radius 1 is 0.926 bits per heavy atom. The van der Waals surface area contributed by atoms with E-state index in [-0.39, 0.29) is 0 Å². The van der Waals surface area contributed by atoms with Gasteiger partial charge in [0.25, 0.3) is 0 Å². The smallest absolute Gasteiger partial charge is 0.166 e. The minimum atomic E-state index is 0.459. The third-order valence-corrected chi connectivity index (χ3v) is 4.28. The monoisotopic (exact) mass is 357 g/mol. The molecule has 0 aliphatic carbocycles. The maximum atomic E-state index is 6.28. The molecule has 0 bridgehead atoms. The quantitative estimate of drug-likeness (QED) is 0.379. The molecule has 7 heteroatoms. The number of hydrogen-bond donors (Lipinski definition) is 3. The van der Waals surface area contributed by atoms with E-state index in [9.17, 15) is 0 Å². The van der Waals surface area contributed by atoms with Gasteiger partial charge >= 0.3 is 0 Å². The number of anilines is 3. The summed E-state index contributed by atoms with van der Waals surface area (Å²) < 4.78 is 0. The largest absolute Gasteiger partial charge is 0.396 e. The lowest BCUT2D eigenvalue weighted by molar-refractivity contribution is 0.836. The number of fused-ring (bicyclic) bond motifs is 1. The lowest BCUT2D eigenvalue weighted by Gasteiger charge is -2.20. The molecule has 1 aromatic carbocycles. The molecule has 0 saturated carbocycles. The number of benzene rings is 1. The normalized spacial score (nSPS) is 10.9. The topological polar surface area (TPSA) is 120 Å². The van der Waals surface area contributed by atoms with Crippen LogP contribution in [0.1, 0.15) is 5.56 Å². The number of hydrogen-bond acceptors (Lipinski definition) is 7. The molecule has 3 heterocycles. The molecule has 7 nitrogen and oxygen atoms in total. The summed E-state index contributed by atoms with van der Waals surface area (Å²) in [4.78, 5) is 13.1. The number of aromatic nitrogens is 3. The van der Waals surface area contributed by atoms with Crippen LogP contribution in [0.2, 0.25) is 0 Å². The van der Waals surface area contributed by atoms with E-state index in [1.54, 1.807) is 29.5 Å². The van der Waals surface area contributed by atoms with Crippen LogP contribution >= 0.6 is 0 Å². The molecule has 0 aliphatic rings. The summed E-state index contributed by atoms with van der Waals surface area (Å²) in [7, 11) is 0. The molecule has 0 radical (unpaired) electrons. The van der Waals surface area contributed by atoms with Gasteiger partial charge in [0, 0.05) is 23.3 Å². The molecule has 4 aromatic rings. The molecule has 27 heavy (non-hydrogen) atoms. The Balaban J connectivity index is 1.63. The van der Waals surface area contributed by atoms with Crippen molar-refractivity contribution in [3.05, 3.63) is 72.6 Å². The zero-order chi connectivity index (χ0) is 18.8. The van der Waals surface area contributed by atoms with Crippen LogP contribution in [-0.4, -0.2) is 15.0 Å². The number of nitrogen functional groups attached to an aromatic ring is 2. The van der Waals surface area contributed by atoms with Gasteiger partial charge in [0.15, 0.2) is 5.82 Å². The van der Waals surface area contributed by atoms with Crippen LogP contribution in [0.25, 0.3) is 22.2 Å². The van der Waals surface area contributed by atoms with Crippen LogP contribution < -0.4 is 22.3 Å². The molecule has 0 aliphatic heterocycles. The minimum Gasteiger partial charge on any atom is -0.396 e. The summed E-state index contributed by atoms with van der Waals surface area (Å²) in [5.74, 6) is 7.25. The van der Waals surface area contributed by atoms with Gasteiger partial charge in [0.1, 0.15) is 5.82 Å². The Kier molecular flexibility index (Phi) is 4.27. The lowest BCUT2D eigenvalue weighted by atomic mass is 10.1. The molecule has 0 spiro atoms. The predicted molar refractivity (Wildman–Crippen MR) is 108 cm³/mol. The molecule has 0 unspecified atom stereocenters. The van der Waals surface area contributed by atoms with Crippen LogP contribution in [-0.2, 0) is 6.54 Å². The number of nitrogens with two attached hydrogens (primary N) is 3. The first kappa shape index (κ1) is 16.7. The molecule has 134 valence electrons. The van der Waals surface area contributed by atoms with Gasteiger partial charge in [0.2, 0.25) is 0 Å². The lowest BCUT2D eigenvalue weighted by Crippen LogP contribution is -2.31. The second-order valence-corrected chi connectivity index (χ2v) is 6.24. The van der Waals surface area contributed by atoms with E-state index in [1.165, 1.54) is 0 Å². The average Bonchev–Trinajstić information content (AvgIpc) is 2.69. The Bertz CT molecular complexity index is 1090. The van der Waals surface area contributed by atoms with Crippen molar-refractivity contribution in [3.8, 4) is 11.3 Å². The van der Waals surface area contributed by atoms with Crippen LogP contribution in [0, 0.1) is 0 Å². The molecule has 3 aromatic heterocycles. The van der Waals surface area contributed by atoms with Crippen molar-refractivity contribution in [1.82, 2.24) is 15.0 Å². The van der Waals surface area contributed by atoms with Crippen molar-refractivity contribution in [1.29, 1.82) is 0 Å². The highest BCUT2D eigenvalue weighted by Crippen LogP contribution is 2.26. The molecule has 0 fully saturated rings. The van der Waals surface area contributed by atoms with E-state index in [0.29, 0.717) is 23.9 Å². The fourth-order valence-electron chi connectivity index (χ4n) is 2.90. The van der Waals surface area contributed by atoms with Gasteiger partial charge in [-0.1, -0.05) is 12.1 Å². The third kappa shape index (κ3) is 3.49. The first-order valence-corrected chi connectivity index (χ1v) is 8.44. The van der Waals surface area contributed by atoms with Crippen molar-refractivity contribution in [2.24, 2.45) is 5.84 Å². The van der Waals surface area contributed by atoms with Gasteiger partial charge in [-0.3, -0.25) is 9.99 Å². The zero-order valence-electron chi connectivity index (χ0n) is 14.6. The molecule has 0 saturated heterocycles. The van der Waals surface area contributed by atoms with Crippen molar-refractivity contribution in [2.75, 3.05) is 16.5 Å². The third-order valence-electron chi connectivity index (χ3n) is 4.28. The molecular weight excluding hydrogens is 338 g/mol. The Morgan fingerprint density at radius 2 is 1.81 bits per heavy atom. The average molecular weight is 357 g/mol. The Hall–Kier alpha value is -3.71. The number of pyridine rings is 3. The van der Waals surface area contributed by atoms with Crippen LogP contribution in [0.3, 0.4) is 0 Å². The van der Waals surface area contributed by atoms with E-state index in [1.807, 2.05) is 36.4 Å². The predicted octanol–water partition coefficient (Wildman–Crippen LogP) is 2.74. The number of hydrazine groups is 1. The highest BCUT2D eigenvalue weighted by atomic mass is 15.4. The highest BCUT2D eigenvalue weighted by Gasteiger charge is 2.12. The number of rotatable bonds is 4. The zero-order valence-corrected chi connectivity index (χ0v) is 14.6. The van der Waals surface area contributed by atoms with Crippen molar-refractivity contribution >= 4 is 28.2 Å². The summed E-state index contributed by atoms with van der Waals surface area (Å²) in [6.07, 6.45) is 3.45. The second kappa shape index (κ2) is 6.89. The van der Waals surface area contributed by atoms with E-state index in [0.717, 1.165) is 27.7 Å². The fraction of sp³-hybridized carbons (Fsp3) is 0.0500. The highest BCUT2D eigenvalue weighted by molar-refractivity contribution is 5.79. The minimum absolute atomic E-state index is 0.459. The molecule has 4 rings (SSSR count). The SMILES string of the molecule is Nc1ccc(-c2ccc(N)c(N(N)Cc3ccc4ncccc4c3)n2)cn1. The summed E-state index contributed by atoms with van der Waals surface area (Å²) in [6, 6.07) is 17.2. The van der Waals surface area contributed by atoms with E-state index in [2.05, 4.69) is 21.0 Å². The van der Waals surface area contributed by atoms with E-state index < -0.39 is 0 Å². The molecular formula is C20H19N7. The van der Waals surface area contributed by atoms with Gasteiger partial charge in [-0.25, -0.2) is 15.8 Å². The van der Waals surface area contributed by atoms with E-state index in [4.69, 9.17) is 17.3 Å². The summed E-state index contributed by atoms with van der Waals surface area (Å²) in [6.45, 7) is 0.464. The van der Waals surface area contributed by atoms with Crippen molar-refractivity contribution in [2.45, 2.75) is 6.54 Å². The summed E-state index contributed by atoms with van der Waals surface area (Å²) in [5, 5.41) is 2.60. The standard InChI is InChI=1S/C20H19N7/c21-16-5-7-18(15-4-8-19(22)25-11-15)26-20(16)27(23)12-13-3-6-17-14(10-13)2-1-9-24-17/h1-11H,12,21,23H2,(H2,22,25). The van der Waals surface area contributed by atoms with Crippen LogP contribution in [0.15, 0.2) is 67.0 Å². The number of nitrogens with zero attached hydrogens (tertiary/aromatic N) is 4. The molecule has 6 N–H and O–H groups in total. The molecule has 0 amide bonds. The van der Waals surface area contributed by atoms with Gasteiger partial charge in [-0.05, 0) is 48.0 Å². The maximum absolute atomic E-state index is 6.28. The van der Waals surface area contributed by atoms with Crippen molar-refractivity contribution in [3.63, 3.8) is 0 Å². The van der Waals surface area contributed by atoms with Gasteiger partial charge in [-0.15, -0.1) is 0 Å². The Morgan fingerprint density at radius 3 is 2.63 bits per heavy atom. The van der Waals surface area contributed by atoms with Gasteiger partial charge in [0.05, 0.1) is 23.4 Å². The maximum Gasteiger partial charge on any atom is 0.166 e. The summed E-state index contributed by atoms with van der Waals surface area (Å²) in [5.41, 5.74) is 15.8. The van der Waals surface area contributed by atoms with Crippen LogP contribution in [0.4, 0.5) is 17.3 Å². The van der Waals surface area contributed by atoms with Crippen molar-refractivity contribution < 1.29 is 0 Å². The van der Waals surface area contributed by atoms with Crippen LogP contribution in [0.5, 0.6) is 0 Å². The Labute approximate surface area is 156 Å². The molecule has 0 atom stereocenters. The first-order chi connectivity index (χ1) is 13.1.